The first kappa shape index (κ1) is 85.1. The summed E-state index contributed by atoms with van der Waals surface area (Å²) in [7, 11) is 0. The summed E-state index contributed by atoms with van der Waals surface area (Å²) >= 11 is 36.4. The largest absolute Gasteiger partial charge is 0.458 e. The van der Waals surface area contributed by atoms with E-state index in [0.717, 1.165) is 65.2 Å². The van der Waals surface area contributed by atoms with E-state index in [9.17, 15) is 0 Å². The molecule has 6 aromatic heterocycles. The number of hydrogen-bond donors (Lipinski definition) is 6. The van der Waals surface area contributed by atoms with Crippen LogP contribution in [0.15, 0.2) is 260 Å². The van der Waals surface area contributed by atoms with Crippen LogP contribution in [0.3, 0.4) is 0 Å². The summed E-state index contributed by atoms with van der Waals surface area (Å²) < 4.78 is 19.1. The van der Waals surface area contributed by atoms with E-state index in [-0.39, 0.29) is 67.4 Å². The molecular formula is C81H77Cl6N19O4S2. The van der Waals surface area contributed by atoms with Gasteiger partial charge in [-0.05, 0) is 186 Å². The zero-order valence-electron chi connectivity index (χ0n) is 61.3. The number of nitrogens with one attached hydrogen (secondary N) is 3. The molecule has 0 fully saturated rings. The minimum Gasteiger partial charge on any atom is -0.458 e. The number of thiazole rings is 2. The number of nitrogens with two attached hydrogens (primary N) is 2. The quantitative estimate of drug-likeness (QED) is 0.0410. The smallest absolute Gasteiger partial charge is 0.323 e. The van der Waals surface area contributed by atoms with E-state index in [1.807, 2.05) is 275 Å². The molecule has 0 aliphatic heterocycles. The molecule has 9 aromatic carbocycles. The van der Waals surface area contributed by atoms with Crippen molar-refractivity contribution in [2.45, 2.75) is 84.6 Å². The van der Waals surface area contributed by atoms with Gasteiger partial charge in [0.1, 0.15) is 19.8 Å². The Morgan fingerprint density at radius 3 is 1.06 bits per heavy atom. The fourth-order valence-corrected chi connectivity index (χ4v) is 12.2. The van der Waals surface area contributed by atoms with Crippen LogP contribution in [-0.2, 0) is 43.0 Å². The number of ether oxygens (including phenoxy) is 3. The minimum absolute atomic E-state index is 0.000000000000000444. The normalized spacial score (nSPS) is 10.8. The lowest BCUT2D eigenvalue weighted by atomic mass is 9.95. The minimum atomic E-state index is -0.405. The number of aromatic nitrogens is 14. The Bertz CT molecular complexity index is 5250. The Hall–Kier alpha value is -10.9. The lowest BCUT2D eigenvalue weighted by Gasteiger charge is -2.27. The summed E-state index contributed by atoms with van der Waals surface area (Å²) in [4.78, 5) is 56.2. The molecule has 0 unspecified atom stereocenters. The van der Waals surface area contributed by atoms with Crippen LogP contribution in [0.5, 0.6) is 18.0 Å². The zero-order valence-corrected chi connectivity index (χ0v) is 67.5. The molecule has 0 amide bonds. The highest BCUT2D eigenvalue weighted by molar-refractivity contribution is 7.17. The molecule has 15 aromatic rings. The number of nitrogens with zero attached hydrogens (tertiary/aromatic N) is 14. The van der Waals surface area contributed by atoms with Gasteiger partial charge in [-0.25, -0.2) is 9.97 Å². The number of nitrogen functional groups attached to an aromatic ring is 1. The Kier molecular flexibility index (Phi) is 32.7. The van der Waals surface area contributed by atoms with E-state index >= 15 is 0 Å². The number of hydrogen-bond acceptors (Lipinski definition) is 25. The Morgan fingerprint density at radius 2 is 0.679 bits per heavy atom. The molecule has 8 N–H and O–H groups in total. The van der Waals surface area contributed by atoms with Crippen molar-refractivity contribution in [1.82, 2.24) is 69.8 Å². The van der Waals surface area contributed by atoms with Crippen LogP contribution in [0.25, 0.3) is 20.4 Å². The first-order valence-corrected chi connectivity index (χ1v) is 38.3. The van der Waals surface area contributed by atoms with Gasteiger partial charge in [0.25, 0.3) is 0 Å². The van der Waals surface area contributed by atoms with Crippen LogP contribution in [0, 0.1) is 0 Å². The lowest BCUT2D eigenvalue weighted by Crippen LogP contribution is -2.29. The van der Waals surface area contributed by atoms with Gasteiger partial charge in [0.2, 0.25) is 49.5 Å². The van der Waals surface area contributed by atoms with Crippen LogP contribution in [-0.4, -0.2) is 74.9 Å². The van der Waals surface area contributed by atoms with Crippen molar-refractivity contribution in [3.63, 3.8) is 0 Å². The van der Waals surface area contributed by atoms with Crippen molar-refractivity contribution in [1.29, 1.82) is 0 Å². The molecular weight excluding hydrogens is 1580 g/mol. The van der Waals surface area contributed by atoms with E-state index in [2.05, 4.69) is 112 Å². The molecule has 15 rings (SSSR count). The second-order valence-corrected chi connectivity index (χ2v) is 29.1. The maximum Gasteiger partial charge on any atom is 0.323 e. The number of halogens is 6. The molecule has 0 saturated carbocycles. The van der Waals surface area contributed by atoms with E-state index < -0.39 is 5.54 Å². The molecule has 0 spiro atoms. The fraction of sp³-hybridized carbons (Fsp3) is 0.160. The third-order valence-electron chi connectivity index (χ3n) is 15.3. The predicted octanol–water partition coefficient (Wildman–Crippen LogP) is 20.1. The maximum atomic E-state index is 8.54. The molecule has 0 atom stereocenters. The Labute approximate surface area is 686 Å². The van der Waals surface area contributed by atoms with E-state index in [1.165, 1.54) is 5.56 Å². The number of anilines is 5. The molecule has 23 nitrogen and oxygen atoms in total. The molecule has 0 saturated heterocycles. The van der Waals surface area contributed by atoms with Gasteiger partial charge in [-0.2, -0.15) is 59.8 Å². The second kappa shape index (κ2) is 43.0. The highest BCUT2D eigenvalue weighted by Crippen LogP contribution is 2.30. The average molecular weight is 1660 g/mol. The number of aliphatic hydroxyl groups is 1. The number of aliphatic hydroxyl groups excluding tert-OH is 1. The van der Waals surface area contributed by atoms with Gasteiger partial charge in [-0.3, -0.25) is 0 Å². The third-order valence-corrected chi connectivity index (χ3v) is 17.9. The zero-order chi connectivity index (χ0) is 79.7. The van der Waals surface area contributed by atoms with Gasteiger partial charge in [-0.1, -0.05) is 212 Å². The van der Waals surface area contributed by atoms with E-state index in [1.54, 1.807) is 22.7 Å². The van der Waals surface area contributed by atoms with Crippen LogP contribution in [0.2, 0.25) is 31.7 Å². The third kappa shape index (κ3) is 29.4. The van der Waals surface area contributed by atoms with Crippen molar-refractivity contribution in [3.8, 4) is 18.0 Å². The van der Waals surface area contributed by atoms with Gasteiger partial charge < -0.3 is 46.7 Å². The van der Waals surface area contributed by atoms with Gasteiger partial charge >= 0.3 is 18.0 Å². The van der Waals surface area contributed by atoms with Gasteiger partial charge in [0.05, 0.1) is 49.1 Å². The molecule has 0 bridgehead atoms. The highest BCUT2D eigenvalue weighted by atomic mass is 35.5. The van der Waals surface area contributed by atoms with Crippen molar-refractivity contribution < 1.29 is 19.3 Å². The van der Waals surface area contributed by atoms with Crippen LogP contribution in [0.4, 0.5) is 29.2 Å². The fourth-order valence-electron chi connectivity index (χ4n) is 9.63. The summed E-state index contributed by atoms with van der Waals surface area (Å²) in [6, 6.07) is 81.5. The molecule has 6 heterocycles. The van der Waals surface area contributed by atoms with Gasteiger partial charge in [0.15, 0.2) is 0 Å². The Balaban J connectivity index is 0.000000161. The topological polar surface area (TPSA) is 317 Å². The van der Waals surface area contributed by atoms with Crippen molar-refractivity contribution in [2.75, 3.05) is 21.7 Å². The first-order chi connectivity index (χ1) is 53.9. The monoisotopic (exact) mass is 1650 g/mol. The van der Waals surface area contributed by atoms with Crippen molar-refractivity contribution >= 4 is 142 Å². The number of rotatable bonds is 19. The van der Waals surface area contributed by atoms with Crippen LogP contribution >= 0.6 is 92.3 Å². The molecule has 0 aliphatic carbocycles. The number of fused-ring (bicyclic) bond motifs is 2. The standard InChI is InChI=1S/C26H24N6OS.C19H19ClN4O.C10H7Cl2N3O.C9H13N.C7H6N2S.C7H8O.C3Cl3N3/c1-26(2,19-11-7-4-8-12-19)32-24-29-23(28-20-13-14-21-22(15-20)34-17-27-21)30-25(31-24)33-16-18-9-5-3-6-10-18;1-19(2,15-11-7-4-8-12-15)24-17-21-16(20)22-18(23-17)25-13-14-9-5-3-6-10-14;11-8-13-9(12)15-10(14-8)16-6-7-4-2-1-3-5-7;1-9(2,10)8-6-4-3-5-7-8;8-5-1-2-6-7(3-5)10-4-9-6;8-6-7-4-2-1-3-5-7;4-1-7-2(5)9-3(6)8-1/h3-15,17H,16H2,1-2H3,(H2,28,29,30,31,32);3-12H,13H2,1-2H3,(H,21,22,23,24);1-5H,6H2;3-7H,10H2,1-2H3;1-4H,8H2;1-5,8H,6H2;. The van der Waals surface area contributed by atoms with Gasteiger partial charge in [-0.15, -0.1) is 22.7 Å². The SMILES string of the molecule is CC(C)(N)c1ccccc1.CC(C)(Nc1nc(Cl)nc(OCc2ccccc2)n1)c1ccccc1.CC(C)(Nc1nc(Nc2ccc3ncsc3c2)nc(OCc2ccccc2)n1)c1ccccc1.Clc1nc(Cl)nc(Cl)n1.Clc1nc(Cl)nc(OCc2ccccc2)n1.Nc1ccc2ncsc2c1.OCc1ccccc1. The highest BCUT2D eigenvalue weighted by Gasteiger charge is 2.24. The molecule has 0 radical (unpaired) electrons. The average Bonchev–Trinajstić information content (AvgIpc) is 1.71. The van der Waals surface area contributed by atoms with E-state index in [0.29, 0.717) is 37.7 Å². The predicted molar refractivity (Wildman–Crippen MR) is 451 cm³/mol. The van der Waals surface area contributed by atoms with Crippen LogP contribution in [0.1, 0.15) is 80.5 Å². The molecule has 112 heavy (non-hydrogen) atoms. The summed E-state index contributed by atoms with van der Waals surface area (Å²) in [5.41, 5.74) is 25.2. The lowest BCUT2D eigenvalue weighted by molar-refractivity contribution is 0.279. The summed E-state index contributed by atoms with van der Waals surface area (Å²) in [6.45, 7) is 13.5. The number of benzene rings is 9. The molecule has 31 heteroatoms. The van der Waals surface area contributed by atoms with Gasteiger partial charge in [0, 0.05) is 16.9 Å². The van der Waals surface area contributed by atoms with Crippen molar-refractivity contribution in [3.05, 3.63) is 330 Å². The van der Waals surface area contributed by atoms with Crippen molar-refractivity contribution in [2.24, 2.45) is 5.73 Å². The molecule has 574 valence electrons. The maximum absolute atomic E-state index is 8.54. The Morgan fingerprint density at radius 1 is 0.357 bits per heavy atom. The summed E-state index contributed by atoms with van der Waals surface area (Å²) in [5, 5.41) is 18.7. The first-order valence-electron chi connectivity index (χ1n) is 34.2. The second-order valence-electron chi connectivity index (χ2n) is 25.3. The molecule has 0 aliphatic rings. The van der Waals surface area contributed by atoms with E-state index in [4.69, 9.17) is 100 Å². The summed E-state index contributed by atoms with van der Waals surface area (Å²) in [5.74, 6) is 1.19. The van der Waals surface area contributed by atoms with Crippen LogP contribution < -0.4 is 41.6 Å². The summed E-state index contributed by atoms with van der Waals surface area (Å²) in [6.07, 6.45) is 0.